The minimum absolute atomic E-state index is 0.0957. The van der Waals surface area contributed by atoms with E-state index in [4.69, 9.17) is 11.6 Å². The maximum absolute atomic E-state index is 14.2. The second-order valence-electron chi connectivity index (χ2n) is 5.87. The number of rotatable bonds is 3. The smallest absolute Gasteiger partial charge is 0.225 e. The van der Waals surface area contributed by atoms with Crippen molar-refractivity contribution in [3.8, 4) is 0 Å². The first kappa shape index (κ1) is 13.1. The Morgan fingerprint density at radius 1 is 1.21 bits per heavy atom. The summed E-state index contributed by atoms with van der Waals surface area (Å²) in [5.74, 6) is 0.325. The van der Waals surface area contributed by atoms with E-state index in [1.165, 1.54) is 19.3 Å². The molecule has 2 atom stereocenters. The van der Waals surface area contributed by atoms with Crippen molar-refractivity contribution in [2.24, 2.45) is 5.92 Å². The summed E-state index contributed by atoms with van der Waals surface area (Å²) in [5, 5.41) is -0.290. The molecule has 0 aliphatic heterocycles. The predicted octanol–water partition coefficient (Wildman–Crippen LogP) is 4.74. The molecule has 0 bridgehead atoms. The van der Waals surface area contributed by atoms with Crippen LogP contribution >= 0.6 is 11.6 Å². The van der Waals surface area contributed by atoms with Crippen molar-refractivity contribution in [2.75, 3.05) is 0 Å². The van der Waals surface area contributed by atoms with E-state index < -0.39 is 0 Å². The van der Waals surface area contributed by atoms with Gasteiger partial charge in [0.25, 0.3) is 0 Å². The van der Waals surface area contributed by atoms with Crippen LogP contribution < -0.4 is 0 Å². The van der Waals surface area contributed by atoms with Crippen molar-refractivity contribution in [2.45, 2.75) is 50.4 Å². The van der Waals surface area contributed by atoms with Gasteiger partial charge in [-0.05, 0) is 59.9 Å². The summed E-state index contributed by atoms with van der Waals surface area (Å²) in [4.78, 5) is 11.1. The fraction of sp³-hybridized carbons (Fsp3) is 0.562. The lowest BCUT2D eigenvalue weighted by molar-refractivity contribution is -0.112. The average molecular weight is 281 g/mol. The van der Waals surface area contributed by atoms with E-state index in [1.54, 1.807) is 6.07 Å². The van der Waals surface area contributed by atoms with E-state index in [-0.39, 0.29) is 22.9 Å². The molecule has 2 unspecified atom stereocenters. The maximum atomic E-state index is 14.2. The second kappa shape index (κ2) is 5.24. The summed E-state index contributed by atoms with van der Waals surface area (Å²) >= 11 is 5.48. The molecular weight excluding hydrogens is 263 g/mol. The Balaban J connectivity index is 1.76. The van der Waals surface area contributed by atoms with Gasteiger partial charge in [-0.25, -0.2) is 4.39 Å². The third-order valence-corrected chi connectivity index (χ3v) is 4.86. The summed E-state index contributed by atoms with van der Waals surface area (Å²) in [7, 11) is 0. The number of benzene rings is 1. The van der Waals surface area contributed by atoms with Gasteiger partial charge in [0, 0.05) is 5.92 Å². The second-order valence-corrected chi connectivity index (χ2v) is 6.24. The summed E-state index contributed by atoms with van der Waals surface area (Å²) in [6, 6.07) is 5.53. The number of halogens is 2. The molecule has 0 radical (unpaired) electrons. The van der Waals surface area contributed by atoms with Gasteiger partial charge in [0.05, 0.1) is 0 Å². The molecule has 3 heteroatoms. The summed E-state index contributed by atoms with van der Waals surface area (Å²) < 4.78 is 14.2. The first-order chi connectivity index (χ1) is 9.16. The Labute approximate surface area is 118 Å². The third-order valence-electron chi connectivity index (χ3n) is 4.58. The van der Waals surface area contributed by atoms with Crippen molar-refractivity contribution >= 4 is 16.8 Å². The van der Waals surface area contributed by atoms with Gasteiger partial charge in [-0.3, -0.25) is 4.79 Å². The van der Waals surface area contributed by atoms with Crippen LogP contribution in [0.15, 0.2) is 18.2 Å². The minimum atomic E-state index is -0.290. The average Bonchev–Trinajstić information content (AvgIpc) is 3.20. The van der Waals surface area contributed by atoms with Gasteiger partial charge in [0.2, 0.25) is 5.24 Å². The third kappa shape index (κ3) is 2.69. The first-order valence-corrected chi connectivity index (χ1v) is 7.53. The SMILES string of the molecule is O=C(Cl)C1CC1c1ccc(C2CCCCC2)c(F)c1. The van der Waals surface area contributed by atoms with E-state index in [0.29, 0.717) is 5.92 Å². The molecule has 2 aliphatic rings. The van der Waals surface area contributed by atoms with Crippen LogP contribution in [0.2, 0.25) is 0 Å². The van der Waals surface area contributed by atoms with E-state index >= 15 is 0 Å². The van der Waals surface area contributed by atoms with Crippen molar-refractivity contribution in [3.05, 3.63) is 35.1 Å². The van der Waals surface area contributed by atoms with E-state index in [2.05, 4.69) is 0 Å². The molecule has 0 saturated heterocycles. The van der Waals surface area contributed by atoms with Crippen LogP contribution in [0.5, 0.6) is 0 Å². The van der Waals surface area contributed by atoms with Crippen LogP contribution in [0.3, 0.4) is 0 Å². The molecule has 2 aliphatic carbocycles. The zero-order chi connectivity index (χ0) is 13.4. The normalized spacial score (nSPS) is 27.3. The summed E-state index contributed by atoms with van der Waals surface area (Å²) in [5.41, 5.74) is 1.79. The Hall–Kier alpha value is -0.890. The van der Waals surface area contributed by atoms with Crippen LogP contribution in [0.1, 0.15) is 61.5 Å². The molecule has 0 N–H and O–H groups in total. The van der Waals surface area contributed by atoms with Gasteiger partial charge in [-0.2, -0.15) is 0 Å². The molecule has 1 aromatic carbocycles. The van der Waals surface area contributed by atoms with E-state index in [1.807, 2.05) is 12.1 Å². The van der Waals surface area contributed by atoms with Gasteiger partial charge in [0.15, 0.2) is 0 Å². The molecule has 102 valence electrons. The van der Waals surface area contributed by atoms with Gasteiger partial charge in [0.1, 0.15) is 5.82 Å². The largest absolute Gasteiger partial charge is 0.281 e. The van der Waals surface area contributed by atoms with Gasteiger partial charge < -0.3 is 0 Å². The summed E-state index contributed by atoms with van der Waals surface area (Å²) in [6.07, 6.45) is 6.65. The Morgan fingerprint density at radius 2 is 1.95 bits per heavy atom. The highest BCUT2D eigenvalue weighted by atomic mass is 35.5. The van der Waals surface area contributed by atoms with Gasteiger partial charge >= 0.3 is 0 Å². The van der Waals surface area contributed by atoms with E-state index in [0.717, 1.165) is 30.4 Å². The molecule has 0 heterocycles. The van der Waals surface area contributed by atoms with Crippen molar-refractivity contribution in [1.82, 2.24) is 0 Å². The van der Waals surface area contributed by atoms with Crippen LogP contribution in [-0.4, -0.2) is 5.24 Å². The van der Waals surface area contributed by atoms with Crippen molar-refractivity contribution in [3.63, 3.8) is 0 Å². The highest BCUT2D eigenvalue weighted by molar-refractivity contribution is 6.64. The molecule has 1 aromatic rings. The number of carbonyl (C=O) groups excluding carboxylic acids is 1. The number of carbonyl (C=O) groups is 1. The molecular formula is C16H18ClFO. The Bertz CT molecular complexity index is 494. The predicted molar refractivity (Wildman–Crippen MR) is 73.9 cm³/mol. The molecule has 2 fully saturated rings. The van der Waals surface area contributed by atoms with Crippen molar-refractivity contribution in [1.29, 1.82) is 0 Å². The molecule has 3 rings (SSSR count). The highest BCUT2D eigenvalue weighted by Gasteiger charge is 2.43. The molecule has 0 amide bonds. The van der Waals surface area contributed by atoms with Gasteiger partial charge in [-0.15, -0.1) is 0 Å². The molecule has 2 saturated carbocycles. The molecule has 19 heavy (non-hydrogen) atoms. The van der Waals surface area contributed by atoms with Crippen molar-refractivity contribution < 1.29 is 9.18 Å². The van der Waals surface area contributed by atoms with E-state index in [9.17, 15) is 9.18 Å². The Morgan fingerprint density at radius 3 is 2.53 bits per heavy atom. The molecule has 0 spiro atoms. The fourth-order valence-electron chi connectivity index (χ4n) is 3.33. The van der Waals surface area contributed by atoms with Crippen LogP contribution in [0, 0.1) is 11.7 Å². The quantitative estimate of drug-likeness (QED) is 0.731. The lowest BCUT2D eigenvalue weighted by Crippen LogP contribution is -2.07. The molecule has 1 nitrogen and oxygen atoms in total. The number of hydrogen-bond donors (Lipinski definition) is 0. The minimum Gasteiger partial charge on any atom is -0.281 e. The highest BCUT2D eigenvalue weighted by Crippen LogP contribution is 2.49. The zero-order valence-electron chi connectivity index (χ0n) is 10.9. The van der Waals surface area contributed by atoms with Crippen LogP contribution in [0.25, 0.3) is 0 Å². The van der Waals surface area contributed by atoms with Crippen LogP contribution in [-0.2, 0) is 4.79 Å². The lowest BCUT2D eigenvalue weighted by Gasteiger charge is -2.22. The monoisotopic (exact) mass is 280 g/mol. The standard InChI is InChI=1S/C16H18ClFO/c17-16(19)14-9-13(14)11-6-7-12(15(18)8-11)10-4-2-1-3-5-10/h6-8,10,13-14H,1-5,9H2. The molecule has 0 aromatic heterocycles. The lowest BCUT2D eigenvalue weighted by atomic mass is 9.83. The summed E-state index contributed by atoms with van der Waals surface area (Å²) in [6.45, 7) is 0. The topological polar surface area (TPSA) is 17.1 Å². The Kier molecular flexibility index (Phi) is 3.62. The fourth-order valence-corrected chi connectivity index (χ4v) is 3.57. The van der Waals surface area contributed by atoms with Crippen LogP contribution in [0.4, 0.5) is 4.39 Å². The zero-order valence-corrected chi connectivity index (χ0v) is 11.6. The van der Waals surface area contributed by atoms with Gasteiger partial charge in [-0.1, -0.05) is 31.4 Å². The number of hydrogen-bond acceptors (Lipinski definition) is 1. The first-order valence-electron chi connectivity index (χ1n) is 7.15. The maximum Gasteiger partial charge on any atom is 0.225 e.